The number of nitrogens with zero attached hydrogens (tertiary/aromatic N) is 1. The van der Waals surface area contributed by atoms with Crippen LogP contribution in [0.5, 0.6) is 0 Å². The number of carboxylic acid groups (broad SMARTS) is 1. The number of halogens is 1. The summed E-state index contributed by atoms with van der Waals surface area (Å²) in [7, 11) is 0. The fourth-order valence-electron chi connectivity index (χ4n) is 1.80. The molecule has 0 fully saturated rings. The summed E-state index contributed by atoms with van der Waals surface area (Å²) in [6.45, 7) is 4.63. The standard InChI is InChI=1S/C13H19BrN2O3/c1-3-6-16-8-10(14)7-11(16)13(19)15-9(2)4-5-12(17)18/h7-9H,3-6H2,1-2H3,(H,15,19)(H,17,18). The maximum atomic E-state index is 12.1. The molecule has 1 aromatic heterocycles. The van der Waals surface area contributed by atoms with E-state index in [9.17, 15) is 9.59 Å². The van der Waals surface area contributed by atoms with E-state index in [2.05, 4.69) is 21.2 Å². The van der Waals surface area contributed by atoms with Crippen LogP contribution in [0, 0.1) is 0 Å². The monoisotopic (exact) mass is 330 g/mol. The van der Waals surface area contributed by atoms with E-state index in [-0.39, 0.29) is 18.4 Å². The van der Waals surface area contributed by atoms with E-state index in [1.807, 2.05) is 24.6 Å². The third kappa shape index (κ3) is 5.06. The Kier molecular flexibility index (Phi) is 6.08. The smallest absolute Gasteiger partial charge is 0.303 e. The average molecular weight is 331 g/mol. The van der Waals surface area contributed by atoms with E-state index in [4.69, 9.17) is 5.11 Å². The minimum atomic E-state index is -0.849. The first-order valence-corrected chi connectivity index (χ1v) is 7.11. The van der Waals surface area contributed by atoms with Crippen molar-refractivity contribution in [2.24, 2.45) is 0 Å². The molecule has 5 nitrogen and oxygen atoms in total. The Labute approximate surface area is 121 Å². The summed E-state index contributed by atoms with van der Waals surface area (Å²) in [6.07, 6.45) is 3.30. The second-order valence-electron chi connectivity index (χ2n) is 4.54. The summed E-state index contributed by atoms with van der Waals surface area (Å²) in [5.41, 5.74) is 0.593. The zero-order chi connectivity index (χ0) is 14.4. The molecule has 1 unspecified atom stereocenters. The highest BCUT2D eigenvalue weighted by molar-refractivity contribution is 9.10. The number of hydrogen-bond acceptors (Lipinski definition) is 2. The molecule has 0 spiro atoms. The summed E-state index contributed by atoms with van der Waals surface area (Å²) in [5, 5.41) is 11.4. The van der Waals surface area contributed by atoms with Gasteiger partial charge in [0.25, 0.3) is 5.91 Å². The molecule has 6 heteroatoms. The Morgan fingerprint density at radius 1 is 1.53 bits per heavy atom. The van der Waals surface area contributed by atoms with Gasteiger partial charge < -0.3 is 15.0 Å². The molecular formula is C13H19BrN2O3. The van der Waals surface area contributed by atoms with E-state index in [0.717, 1.165) is 17.4 Å². The lowest BCUT2D eigenvalue weighted by Gasteiger charge is -2.14. The van der Waals surface area contributed by atoms with Crippen LogP contribution in [0.3, 0.4) is 0 Å². The Balaban J connectivity index is 2.64. The third-order valence-corrected chi connectivity index (χ3v) is 3.16. The highest BCUT2D eigenvalue weighted by atomic mass is 79.9. The zero-order valence-corrected chi connectivity index (χ0v) is 12.7. The van der Waals surface area contributed by atoms with Gasteiger partial charge >= 0.3 is 5.97 Å². The topological polar surface area (TPSA) is 71.3 Å². The Morgan fingerprint density at radius 2 is 2.21 bits per heavy atom. The number of aryl methyl sites for hydroxylation is 1. The van der Waals surface area contributed by atoms with E-state index < -0.39 is 5.97 Å². The molecule has 0 bridgehead atoms. The van der Waals surface area contributed by atoms with Crippen LogP contribution < -0.4 is 5.32 Å². The second-order valence-corrected chi connectivity index (χ2v) is 5.46. The van der Waals surface area contributed by atoms with Gasteiger partial charge in [0.05, 0.1) is 0 Å². The van der Waals surface area contributed by atoms with E-state index in [1.165, 1.54) is 0 Å². The van der Waals surface area contributed by atoms with Gasteiger partial charge in [-0.15, -0.1) is 0 Å². The SMILES string of the molecule is CCCn1cc(Br)cc1C(=O)NC(C)CCC(=O)O. The Morgan fingerprint density at radius 3 is 2.79 bits per heavy atom. The quantitative estimate of drug-likeness (QED) is 0.807. The molecule has 1 rings (SSSR count). The van der Waals surface area contributed by atoms with Gasteiger partial charge in [0.15, 0.2) is 0 Å². The number of nitrogens with one attached hydrogen (secondary N) is 1. The van der Waals surface area contributed by atoms with Crippen molar-refractivity contribution in [3.05, 3.63) is 22.4 Å². The normalized spacial score (nSPS) is 12.2. The average Bonchev–Trinajstić information content (AvgIpc) is 2.68. The lowest BCUT2D eigenvalue weighted by Crippen LogP contribution is -2.34. The number of amides is 1. The highest BCUT2D eigenvalue weighted by Crippen LogP contribution is 2.16. The first-order valence-electron chi connectivity index (χ1n) is 6.32. The minimum absolute atomic E-state index is 0.0567. The molecule has 2 N–H and O–H groups in total. The van der Waals surface area contributed by atoms with E-state index in [0.29, 0.717) is 12.1 Å². The summed E-state index contributed by atoms with van der Waals surface area (Å²) in [6, 6.07) is 1.61. The minimum Gasteiger partial charge on any atom is -0.481 e. The van der Waals surface area contributed by atoms with Crippen LogP contribution in [-0.4, -0.2) is 27.6 Å². The van der Waals surface area contributed by atoms with Crippen LogP contribution >= 0.6 is 15.9 Å². The van der Waals surface area contributed by atoms with Crippen molar-refractivity contribution < 1.29 is 14.7 Å². The van der Waals surface area contributed by atoms with Crippen molar-refractivity contribution in [2.45, 2.75) is 45.7 Å². The summed E-state index contributed by atoms with van der Waals surface area (Å²) >= 11 is 3.36. The molecule has 1 aromatic rings. The van der Waals surface area contributed by atoms with Crippen LogP contribution in [0.25, 0.3) is 0 Å². The number of carbonyl (C=O) groups is 2. The van der Waals surface area contributed by atoms with Crippen molar-refractivity contribution in [2.75, 3.05) is 0 Å². The van der Waals surface area contributed by atoms with Crippen molar-refractivity contribution in [3.8, 4) is 0 Å². The lowest BCUT2D eigenvalue weighted by molar-refractivity contribution is -0.137. The number of rotatable bonds is 7. The van der Waals surface area contributed by atoms with Crippen LogP contribution in [0.15, 0.2) is 16.7 Å². The van der Waals surface area contributed by atoms with Crippen molar-refractivity contribution in [1.82, 2.24) is 9.88 Å². The van der Waals surface area contributed by atoms with Gasteiger partial charge in [0.1, 0.15) is 5.69 Å². The molecule has 0 aliphatic heterocycles. The van der Waals surface area contributed by atoms with Crippen LogP contribution in [0.4, 0.5) is 0 Å². The van der Waals surface area contributed by atoms with Crippen LogP contribution in [-0.2, 0) is 11.3 Å². The number of aromatic nitrogens is 1. The van der Waals surface area contributed by atoms with Crippen molar-refractivity contribution in [1.29, 1.82) is 0 Å². The molecule has 1 atom stereocenters. The molecule has 0 aromatic carbocycles. The molecular weight excluding hydrogens is 312 g/mol. The second kappa shape index (κ2) is 7.33. The van der Waals surface area contributed by atoms with Gasteiger partial charge in [0.2, 0.25) is 0 Å². The fourth-order valence-corrected chi connectivity index (χ4v) is 2.26. The molecule has 0 radical (unpaired) electrons. The molecule has 1 amide bonds. The fraction of sp³-hybridized carbons (Fsp3) is 0.538. The molecule has 106 valence electrons. The first kappa shape index (κ1) is 15.8. The van der Waals surface area contributed by atoms with Gasteiger partial charge in [-0.1, -0.05) is 6.92 Å². The number of carboxylic acids is 1. The summed E-state index contributed by atoms with van der Waals surface area (Å²) in [5.74, 6) is -1.02. The molecule has 0 saturated heterocycles. The Bertz CT molecular complexity index is 457. The molecule has 0 saturated carbocycles. The van der Waals surface area contributed by atoms with Crippen LogP contribution in [0.1, 0.15) is 43.6 Å². The third-order valence-electron chi connectivity index (χ3n) is 2.73. The lowest BCUT2D eigenvalue weighted by atomic mass is 10.2. The van der Waals surface area contributed by atoms with Crippen molar-refractivity contribution >= 4 is 27.8 Å². The van der Waals surface area contributed by atoms with Crippen LogP contribution in [0.2, 0.25) is 0 Å². The zero-order valence-electron chi connectivity index (χ0n) is 11.1. The van der Waals surface area contributed by atoms with Gasteiger partial charge in [0, 0.05) is 29.7 Å². The van der Waals surface area contributed by atoms with Gasteiger partial charge in [-0.3, -0.25) is 9.59 Å². The maximum Gasteiger partial charge on any atom is 0.303 e. The molecule has 19 heavy (non-hydrogen) atoms. The number of aliphatic carboxylic acids is 1. The highest BCUT2D eigenvalue weighted by Gasteiger charge is 2.15. The van der Waals surface area contributed by atoms with E-state index >= 15 is 0 Å². The Hall–Kier alpha value is -1.30. The van der Waals surface area contributed by atoms with Gasteiger partial charge in [-0.25, -0.2) is 0 Å². The molecule has 0 aliphatic carbocycles. The number of carbonyl (C=O) groups excluding carboxylic acids is 1. The largest absolute Gasteiger partial charge is 0.481 e. The molecule has 0 aliphatic rings. The van der Waals surface area contributed by atoms with Gasteiger partial charge in [-0.05, 0) is 41.8 Å². The summed E-state index contributed by atoms with van der Waals surface area (Å²) in [4.78, 5) is 22.6. The molecule has 1 heterocycles. The number of hydrogen-bond donors (Lipinski definition) is 2. The van der Waals surface area contributed by atoms with Crippen molar-refractivity contribution in [3.63, 3.8) is 0 Å². The predicted molar refractivity (Wildman–Crippen MR) is 76.2 cm³/mol. The first-order chi connectivity index (χ1) is 8.93. The predicted octanol–water partition coefficient (Wildman–Crippen LogP) is 2.64. The van der Waals surface area contributed by atoms with E-state index in [1.54, 1.807) is 6.07 Å². The van der Waals surface area contributed by atoms with Gasteiger partial charge in [-0.2, -0.15) is 0 Å². The summed E-state index contributed by atoms with van der Waals surface area (Å²) < 4.78 is 2.76. The maximum absolute atomic E-state index is 12.1.